The molecule has 5 heteroatoms. The first-order valence-corrected chi connectivity index (χ1v) is 7.49. The molecule has 0 aliphatic heterocycles. The van der Waals surface area contributed by atoms with E-state index in [0.717, 1.165) is 0 Å². The van der Waals surface area contributed by atoms with Gasteiger partial charge in [0.15, 0.2) is 16.9 Å². The molecule has 0 saturated heterocycles. The number of ether oxygens (including phenoxy) is 1. The lowest BCUT2D eigenvalue weighted by atomic mass is 10.0. The maximum Gasteiger partial charge on any atom is 0.346 e. The highest BCUT2D eigenvalue weighted by Crippen LogP contribution is 2.29. The normalized spacial score (nSPS) is 10.7. The first-order valence-electron chi connectivity index (χ1n) is 7.11. The lowest BCUT2D eigenvalue weighted by Gasteiger charge is -2.10. The molecule has 0 aliphatic rings. The summed E-state index contributed by atoms with van der Waals surface area (Å²) in [7, 11) is 0. The largest absolute Gasteiger partial charge is 0.462 e. The predicted molar refractivity (Wildman–Crippen MR) is 88.9 cm³/mol. The van der Waals surface area contributed by atoms with Crippen LogP contribution in [0.4, 0.5) is 0 Å². The van der Waals surface area contributed by atoms with Crippen molar-refractivity contribution in [3.8, 4) is 11.3 Å². The van der Waals surface area contributed by atoms with Crippen molar-refractivity contribution in [2.45, 2.75) is 6.92 Å². The molecule has 0 bridgehead atoms. The van der Waals surface area contributed by atoms with Crippen molar-refractivity contribution < 1.29 is 13.9 Å². The average molecular weight is 329 g/mol. The molecule has 1 aromatic heterocycles. The third kappa shape index (κ3) is 2.73. The van der Waals surface area contributed by atoms with E-state index in [1.54, 1.807) is 49.4 Å². The van der Waals surface area contributed by atoms with Gasteiger partial charge in [-0.3, -0.25) is 4.79 Å². The van der Waals surface area contributed by atoms with Crippen molar-refractivity contribution >= 4 is 28.5 Å². The number of halogens is 1. The van der Waals surface area contributed by atoms with E-state index in [4.69, 9.17) is 20.8 Å². The Labute approximate surface area is 137 Å². The summed E-state index contributed by atoms with van der Waals surface area (Å²) in [5.41, 5.74) is 0.291. The molecule has 0 atom stereocenters. The molecule has 0 spiro atoms. The highest BCUT2D eigenvalue weighted by atomic mass is 35.5. The number of esters is 1. The van der Waals surface area contributed by atoms with Gasteiger partial charge in [-0.25, -0.2) is 4.79 Å². The first-order chi connectivity index (χ1) is 11.1. The summed E-state index contributed by atoms with van der Waals surface area (Å²) >= 11 is 6.13. The Morgan fingerprint density at radius 2 is 1.87 bits per heavy atom. The highest BCUT2D eigenvalue weighted by Gasteiger charge is 2.23. The van der Waals surface area contributed by atoms with Crippen LogP contribution in [0, 0.1) is 0 Å². The molecule has 4 nitrogen and oxygen atoms in total. The second kappa shape index (κ2) is 6.26. The van der Waals surface area contributed by atoms with Gasteiger partial charge in [0.1, 0.15) is 0 Å². The molecule has 0 unspecified atom stereocenters. The number of fused-ring (bicyclic) bond motifs is 1. The van der Waals surface area contributed by atoms with Crippen LogP contribution in [0.1, 0.15) is 17.3 Å². The van der Waals surface area contributed by atoms with Gasteiger partial charge >= 0.3 is 5.97 Å². The third-order valence-corrected chi connectivity index (χ3v) is 3.68. The summed E-state index contributed by atoms with van der Waals surface area (Å²) in [6.07, 6.45) is 0. The monoisotopic (exact) mass is 328 g/mol. The summed E-state index contributed by atoms with van der Waals surface area (Å²) in [6.45, 7) is 1.85. The van der Waals surface area contributed by atoms with Crippen molar-refractivity contribution in [2.24, 2.45) is 0 Å². The fraction of sp³-hybridized carbons (Fsp3) is 0.111. The van der Waals surface area contributed by atoms with Crippen LogP contribution in [0.2, 0.25) is 5.02 Å². The number of benzene rings is 2. The van der Waals surface area contributed by atoms with E-state index in [-0.39, 0.29) is 28.9 Å². The Bertz CT molecular complexity index is 929. The lowest BCUT2D eigenvalue weighted by Crippen LogP contribution is -2.19. The zero-order valence-electron chi connectivity index (χ0n) is 12.3. The van der Waals surface area contributed by atoms with E-state index in [1.807, 2.05) is 6.07 Å². The maximum absolute atomic E-state index is 12.8. The standard InChI is InChI=1S/C18H13ClO4/c1-2-22-18(21)14-15(20)12-9-6-10-13(19)17(12)23-16(14)11-7-4-3-5-8-11/h3-10H,2H2,1H3. The van der Waals surface area contributed by atoms with E-state index in [1.165, 1.54) is 0 Å². The van der Waals surface area contributed by atoms with Gasteiger partial charge in [0.25, 0.3) is 0 Å². The van der Waals surface area contributed by atoms with Crippen LogP contribution in [0.5, 0.6) is 0 Å². The molecule has 23 heavy (non-hydrogen) atoms. The Morgan fingerprint density at radius 1 is 1.13 bits per heavy atom. The van der Waals surface area contributed by atoms with Crippen LogP contribution in [0.15, 0.2) is 57.7 Å². The Kier molecular flexibility index (Phi) is 4.17. The molecule has 0 aliphatic carbocycles. The molecule has 0 radical (unpaired) electrons. The molecule has 3 rings (SSSR count). The molecule has 1 heterocycles. The number of hydrogen-bond donors (Lipinski definition) is 0. The summed E-state index contributed by atoms with van der Waals surface area (Å²) in [5, 5.41) is 0.562. The van der Waals surface area contributed by atoms with Crippen LogP contribution in [0.25, 0.3) is 22.3 Å². The second-order valence-corrected chi connectivity index (χ2v) is 5.25. The number of hydrogen-bond acceptors (Lipinski definition) is 4. The van der Waals surface area contributed by atoms with E-state index in [2.05, 4.69) is 0 Å². The van der Waals surface area contributed by atoms with Gasteiger partial charge in [0.05, 0.1) is 17.0 Å². The second-order valence-electron chi connectivity index (χ2n) is 4.84. The summed E-state index contributed by atoms with van der Waals surface area (Å²) in [5.74, 6) is -0.545. The van der Waals surface area contributed by atoms with Gasteiger partial charge in [-0.05, 0) is 19.1 Å². The fourth-order valence-electron chi connectivity index (χ4n) is 2.36. The quantitative estimate of drug-likeness (QED) is 0.673. The number of carbonyl (C=O) groups is 1. The molecule has 0 fully saturated rings. The Balaban J connectivity index is 2.40. The maximum atomic E-state index is 12.8. The number of carbonyl (C=O) groups excluding carboxylic acids is 1. The fourth-order valence-corrected chi connectivity index (χ4v) is 2.58. The van der Waals surface area contributed by atoms with Crippen molar-refractivity contribution in [2.75, 3.05) is 6.61 Å². The van der Waals surface area contributed by atoms with Crippen molar-refractivity contribution in [3.63, 3.8) is 0 Å². The number of para-hydroxylation sites is 1. The molecule has 0 saturated carbocycles. The molecule has 3 aromatic rings. The third-order valence-electron chi connectivity index (χ3n) is 3.39. The van der Waals surface area contributed by atoms with Crippen molar-refractivity contribution in [1.82, 2.24) is 0 Å². The summed E-state index contributed by atoms with van der Waals surface area (Å²) in [4.78, 5) is 25.0. The molecular formula is C18H13ClO4. The van der Waals surface area contributed by atoms with E-state index >= 15 is 0 Å². The minimum absolute atomic E-state index is 0.118. The SMILES string of the molecule is CCOC(=O)c1c(-c2ccccc2)oc2c(Cl)cccc2c1=O. The van der Waals surface area contributed by atoms with Crippen LogP contribution in [-0.4, -0.2) is 12.6 Å². The predicted octanol–water partition coefficient (Wildman–Crippen LogP) is 4.29. The Hall–Kier alpha value is -2.59. The van der Waals surface area contributed by atoms with E-state index in [0.29, 0.717) is 10.6 Å². The van der Waals surface area contributed by atoms with Gasteiger partial charge in [0.2, 0.25) is 5.43 Å². The molecule has 0 N–H and O–H groups in total. The number of rotatable bonds is 3. The van der Waals surface area contributed by atoms with E-state index in [9.17, 15) is 9.59 Å². The zero-order chi connectivity index (χ0) is 16.4. The Morgan fingerprint density at radius 3 is 2.57 bits per heavy atom. The molecule has 0 amide bonds. The molecular weight excluding hydrogens is 316 g/mol. The smallest absolute Gasteiger partial charge is 0.346 e. The van der Waals surface area contributed by atoms with Crippen LogP contribution in [-0.2, 0) is 4.74 Å². The van der Waals surface area contributed by atoms with Crippen molar-refractivity contribution in [3.05, 3.63) is 69.3 Å². The van der Waals surface area contributed by atoms with Gasteiger partial charge in [-0.15, -0.1) is 0 Å². The molecule has 116 valence electrons. The van der Waals surface area contributed by atoms with Gasteiger partial charge in [0, 0.05) is 5.56 Å². The van der Waals surface area contributed by atoms with E-state index < -0.39 is 11.4 Å². The topological polar surface area (TPSA) is 56.5 Å². The van der Waals surface area contributed by atoms with Gasteiger partial charge < -0.3 is 9.15 Å². The highest BCUT2D eigenvalue weighted by molar-refractivity contribution is 6.34. The minimum Gasteiger partial charge on any atom is -0.462 e. The van der Waals surface area contributed by atoms with Gasteiger partial charge in [-0.2, -0.15) is 0 Å². The average Bonchev–Trinajstić information content (AvgIpc) is 2.56. The van der Waals surface area contributed by atoms with Crippen LogP contribution >= 0.6 is 11.6 Å². The van der Waals surface area contributed by atoms with Crippen LogP contribution in [0.3, 0.4) is 0 Å². The molecule has 2 aromatic carbocycles. The van der Waals surface area contributed by atoms with Gasteiger partial charge in [-0.1, -0.05) is 48.0 Å². The van der Waals surface area contributed by atoms with Crippen LogP contribution < -0.4 is 5.43 Å². The van der Waals surface area contributed by atoms with Crippen molar-refractivity contribution in [1.29, 1.82) is 0 Å². The summed E-state index contributed by atoms with van der Waals surface area (Å²) in [6, 6.07) is 13.8. The lowest BCUT2D eigenvalue weighted by molar-refractivity contribution is 0.0524. The zero-order valence-corrected chi connectivity index (χ0v) is 13.1. The first kappa shape index (κ1) is 15.3. The minimum atomic E-state index is -0.707. The summed E-state index contributed by atoms with van der Waals surface area (Å²) < 4.78 is 10.8.